The maximum atomic E-state index is 11.6. The Labute approximate surface area is 86.4 Å². The van der Waals surface area contributed by atoms with Crippen LogP contribution in [0.2, 0.25) is 0 Å². The summed E-state index contributed by atoms with van der Waals surface area (Å²) in [6.07, 6.45) is 6.35. The van der Waals surface area contributed by atoms with Gasteiger partial charge in [0.05, 0.1) is 6.04 Å². The monoisotopic (exact) mass is 198 g/mol. The number of unbranched alkanes of at least 4 members (excludes halogenated alkanes) is 1. The van der Waals surface area contributed by atoms with Crippen LogP contribution in [0.5, 0.6) is 0 Å². The lowest BCUT2D eigenvalue weighted by Gasteiger charge is -2.39. The van der Waals surface area contributed by atoms with Crippen molar-refractivity contribution in [2.75, 3.05) is 0 Å². The molecule has 1 saturated carbocycles. The third-order valence-electron chi connectivity index (χ3n) is 3.09. The molecule has 1 unspecified atom stereocenters. The SMILES string of the molecule is CCCCC(N)C(=O)NC1(C)CCC1. The quantitative estimate of drug-likeness (QED) is 0.704. The van der Waals surface area contributed by atoms with E-state index in [1.165, 1.54) is 6.42 Å². The van der Waals surface area contributed by atoms with E-state index in [0.717, 1.165) is 32.1 Å². The fourth-order valence-electron chi connectivity index (χ4n) is 1.78. The number of hydrogen-bond donors (Lipinski definition) is 2. The number of nitrogens with two attached hydrogens (primary N) is 1. The van der Waals surface area contributed by atoms with Gasteiger partial charge in [-0.05, 0) is 32.6 Å². The third kappa shape index (κ3) is 2.98. The van der Waals surface area contributed by atoms with Crippen LogP contribution in [0, 0.1) is 0 Å². The Bertz CT molecular complexity index is 199. The van der Waals surface area contributed by atoms with Crippen molar-refractivity contribution >= 4 is 5.91 Å². The maximum absolute atomic E-state index is 11.6. The lowest BCUT2D eigenvalue weighted by molar-refractivity contribution is -0.125. The molecule has 1 atom stereocenters. The topological polar surface area (TPSA) is 55.1 Å². The molecule has 0 bridgehead atoms. The molecule has 1 aliphatic carbocycles. The first-order chi connectivity index (χ1) is 6.57. The van der Waals surface area contributed by atoms with Crippen LogP contribution in [-0.2, 0) is 4.79 Å². The van der Waals surface area contributed by atoms with Crippen LogP contribution in [0.1, 0.15) is 52.4 Å². The first-order valence-corrected chi connectivity index (χ1v) is 5.65. The van der Waals surface area contributed by atoms with Gasteiger partial charge in [0.2, 0.25) is 5.91 Å². The number of carbonyl (C=O) groups excluding carboxylic acids is 1. The molecular formula is C11H22N2O. The minimum Gasteiger partial charge on any atom is -0.350 e. The molecule has 0 aromatic carbocycles. The summed E-state index contributed by atoms with van der Waals surface area (Å²) < 4.78 is 0. The van der Waals surface area contributed by atoms with Crippen molar-refractivity contribution < 1.29 is 4.79 Å². The number of hydrogen-bond acceptors (Lipinski definition) is 2. The van der Waals surface area contributed by atoms with Crippen LogP contribution in [0.4, 0.5) is 0 Å². The number of rotatable bonds is 5. The molecule has 0 aliphatic heterocycles. The molecule has 82 valence electrons. The van der Waals surface area contributed by atoms with Crippen molar-refractivity contribution in [3.05, 3.63) is 0 Å². The minimum absolute atomic E-state index is 0.0284. The predicted molar refractivity (Wildman–Crippen MR) is 57.9 cm³/mol. The second-order valence-corrected chi connectivity index (χ2v) is 4.65. The second kappa shape index (κ2) is 4.78. The van der Waals surface area contributed by atoms with E-state index in [-0.39, 0.29) is 17.5 Å². The van der Waals surface area contributed by atoms with Gasteiger partial charge >= 0.3 is 0 Å². The highest BCUT2D eigenvalue weighted by Crippen LogP contribution is 2.30. The molecule has 3 heteroatoms. The van der Waals surface area contributed by atoms with Gasteiger partial charge in [-0.25, -0.2) is 0 Å². The van der Waals surface area contributed by atoms with E-state index in [1.54, 1.807) is 0 Å². The predicted octanol–water partition coefficient (Wildman–Crippen LogP) is 1.56. The summed E-state index contributed by atoms with van der Waals surface area (Å²) in [5, 5.41) is 3.04. The standard InChI is InChI=1S/C11H22N2O/c1-3-4-6-9(12)10(14)13-11(2)7-5-8-11/h9H,3-8,12H2,1-2H3,(H,13,14). The van der Waals surface area contributed by atoms with Gasteiger partial charge in [-0.3, -0.25) is 4.79 Å². The summed E-state index contributed by atoms with van der Waals surface area (Å²) in [6.45, 7) is 4.21. The first-order valence-electron chi connectivity index (χ1n) is 5.65. The number of amides is 1. The lowest BCUT2D eigenvalue weighted by Crippen LogP contribution is -2.55. The van der Waals surface area contributed by atoms with Crippen LogP contribution < -0.4 is 11.1 Å². The first kappa shape index (κ1) is 11.5. The Hall–Kier alpha value is -0.570. The molecule has 1 fully saturated rings. The largest absolute Gasteiger partial charge is 0.350 e. The lowest BCUT2D eigenvalue weighted by atomic mass is 9.78. The molecule has 14 heavy (non-hydrogen) atoms. The zero-order valence-corrected chi connectivity index (χ0v) is 9.31. The Kier molecular flexibility index (Phi) is 3.93. The van der Waals surface area contributed by atoms with Crippen molar-refractivity contribution in [3.63, 3.8) is 0 Å². The Morgan fingerprint density at radius 1 is 1.57 bits per heavy atom. The summed E-state index contributed by atoms with van der Waals surface area (Å²) in [6, 6.07) is -0.313. The molecule has 1 aliphatic rings. The van der Waals surface area contributed by atoms with Gasteiger partial charge in [-0.1, -0.05) is 19.8 Å². The van der Waals surface area contributed by atoms with E-state index in [9.17, 15) is 4.79 Å². The van der Waals surface area contributed by atoms with E-state index in [1.807, 2.05) is 0 Å². The maximum Gasteiger partial charge on any atom is 0.237 e. The fourth-order valence-corrected chi connectivity index (χ4v) is 1.78. The molecule has 3 N–H and O–H groups in total. The van der Waals surface area contributed by atoms with Gasteiger partial charge in [0.15, 0.2) is 0 Å². The van der Waals surface area contributed by atoms with Crippen LogP contribution in [0.25, 0.3) is 0 Å². The average Bonchev–Trinajstić information content (AvgIpc) is 2.11. The zero-order valence-electron chi connectivity index (χ0n) is 9.31. The van der Waals surface area contributed by atoms with Gasteiger partial charge in [0.1, 0.15) is 0 Å². The highest BCUT2D eigenvalue weighted by Gasteiger charge is 2.34. The van der Waals surface area contributed by atoms with Crippen LogP contribution in [0.15, 0.2) is 0 Å². The minimum atomic E-state index is -0.313. The second-order valence-electron chi connectivity index (χ2n) is 4.65. The molecule has 3 nitrogen and oxygen atoms in total. The van der Waals surface area contributed by atoms with Gasteiger partial charge in [0, 0.05) is 5.54 Å². The number of nitrogens with one attached hydrogen (secondary N) is 1. The normalized spacial score (nSPS) is 21.1. The van der Waals surface area contributed by atoms with E-state index >= 15 is 0 Å². The molecule has 0 heterocycles. The van der Waals surface area contributed by atoms with E-state index < -0.39 is 0 Å². The zero-order chi connectivity index (χ0) is 10.6. The van der Waals surface area contributed by atoms with E-state index in [4.69, 9.17) is 5.73 Å². The van der Waals surface area contributed by atoms with Crippen LogP contribution in [0.3, 0.4) is 0 Å². The van der Waals surface area contributed by atoms with Gasteiger partial charge < -0.3 is 11.1 Å². The third-order valence-corrected chi connectivity index (χ3v) is 3.09. The van der Waals surface area contributed by atoms with Crippen molar-refractivity contribution in [1.29, 1.82) is 0 Å². The van der Waals surface area contributed by atoms with Gasteiger partial charge in [-0.2, -0.15) is 0 Å². The van der Waals surface area contributed by atoms with Crippen LogP contribution in [-0.4, -0.2) is 17.5 Å². The van der Waals surface area contributed by atoms with Crippen molar-refractivity contribution in [2.24, 2.45) is 5.73 Å². The van der Waals surface area contributed by atoms with Crippen molar-refractivity contribution in [3.8, 4) is 0 Å². The van der Waals surface area contributed by atoms with E-state index in [0.29, 0.717) is 0 Å². The molecule has 0 saturated heterocycles. The Morgan fingerprint density at radius 2 is 2.21 bits per heavy atom. The Morgan fingerprint density at radius 3 is 2.64 bits per heavy atom. The Balaban J connectivity index is 2.26. The van der Waals surface area contributed by atoms with Gasteiger partial charge in [-0.15, -0.1) is 0 Å². The van der Waals surface area contributed by atoms with Crippen LogP contribution >= 0.6 is 0 Å². The molecular weight excluding hydrogens is 176 g/mol. The molecule has 0 radical (unpaired) electrons. The summed E-state index contributed by atoms with van der Waals surface area (Å²) in [5.74, 6) is 0.0284. The summed E-state index contributed by atoms with van der Waals surface area (Å²) in [5.41, 5.74) is 5.82. The molecule has 0 spiro atoms. The average molecular weight is 198 g/mol. The highest BCUT2D eigenvalue weighted by atomic mass is 16.2. The highest BCUT2D eigenvalue weighted by molar-refractivity contribution is 5.82. The smallest absolute Gasteiger partial charge is 0.237 e. The number of carbonyl (C=O) groups is 1. The molecule has 0 aromatic heterocycles. The fraction of sp³-hybridized carbons (Fsp3) is 0.909. The molecule has 1 rings (SSSR count). The van der Waals surface area contributed by atoms with Crippen molar-refractivity contribution in [1.82, 2.24) is 5.32 Å². The van der Waals surface area contributed by atoms with Gasteiger partial charge in [0.25, 0.3) is 0 Å². The molecule has 0 aromatic rings. The molecule has 1 amide bonds. The summed E-state index contributed by atoms with van der Waals surface area (Å²) >= 11 is 0. The van der Waals surface area contributed by atoms with Crippen molar-refractivity contribution in [2.45, 2.75) is 64.0 Å². The van der Waals surface area contributed by atoms with E-state index in [2.05, 4.69) is 19.2 Å². The summed E-state index contributed by atoms with van der Waals surface area (Å²) in [7, 11) is 0. The summed E-state index contributed by atoms with van der Waals surface area (Å²) in [4.78, 5) is 11.6.